The molecule has 5 nitrogen and oxygen atoms in total. The molecule has 3 aliphatic rings. The molecule has 6 heteroatoms. The minimum Gasteiger partial charge on any atom is -0.470 e. The minimum absolute atomic E-state index is 0.255. The number of ether oxygens (including phenoxy) is 2. The van der Waals surface area contributed by atoms with Gasteiger partial charge in [-0.05, 0) is 44.1 Å². The van der Waals surface area contributed by atoms with Crippen LogP contribution in [0.25, 0.3) is 0 Å². The van der Waals surface area contributed by atoms with Crippen LogP contribution in [0.4, 0.5) is 0 Å². The highest BCUT2D eigenvalue weighted by atomic mass is 32.2. The Balaban J connectivity index is 1.48. The molecule has 1 heterocycles. The van der Waals surface area contributed by atoms with Crippen molar-refractivity contribution in [3.63, 3.8) is 0 Å². The van der Waals surface area contributed by atoms with Crippen molar-refractivity contribution in [2.75, 3.05) is 6.61 Å². The third kappa shape index (κ3) is 3.66. The van der Waals surface area contributed by atoms with Gasteiger partial charge in [0.2, 0.25) is 5.90 Å². The summed E-state index contributed by atoms with van der Waals surface area (Å²) in [5.41, 5.74) is 0.201. The van der Waals surface area contributed by atoms with E-state index in [9.17, 15) is 8.42 Å². The molecule has 4 rings (SSSR count). The van der Waals surface area contributed by atoms with Crippen molar-refractivity contribution in [3.05, 3.63) is 35.9 Å². The first kappa shape index (κ1) is 18.9. The molecular formula is C21H29NO4S. The van der Waals surface area contributed by atoms with Crippen LogP contribution in [0, 0.1) is 5.92 Å². The zero-order valence-electron chi connectivity index (χ0n) is 16.0. The second-order valence-electron chi connectivity index (χ2n) is 8.47. The molecule has 2 saturated carbocycles. The van der Waals surface area contributed by atoms with E-state index in [4.69, 9.17) is 9.47 Å². The van der Waals surface area contributed by atoms with Gasteiger partial charge < -0.3 is 9.47 Å². The molecule has 0 saturated heterocycles. The van der Waals surface area contributed by atoms with Gasteiger partial charge in [0, 0.05) is 6.42 Å². The van der Waals surface area contributed by atoms with Crippen molar-refractivity contribution in [2.45, 2.75) is 75.2 Å². The van der Waals surface area contributed by atoms with Crippen molar-refractivity contribution in [3.8, 4) is 0 Å². The fraction of sp³-hybridized carbons (Fsp3) is 0.667. The zero-order chi connectivity index (χ0) is 19.0. The highest BCUT2D eigenvalue weighted by molar-refractivity contribution is 7.92. The highest BCUT2D eigenvalue weighted by Gasteiger charge is 2.70. The van der Waals surface area contributed by atoms with Gasteiger partial charge in [-0.3, -0.25) is 0 Å². The molecule has 1 aromatic carbocycles. The van der Waals surface area contributed by atoms with Gasteiger partial charge in [0.1, 0.15) is 4.75 Å². The SMILES string of the molecule is CC1(COCc2ccccc2)OC(CC2CCCCC2)=NS(=O)(=O)C12CC2. The molecule has 0 aromatic heterocycles. The average Bonchev–Trinajstić information content (AvgIpc) is 3.45. The van der Waals surface area contributed by atoms with Gasteiger partial charge in [-0.2, -0.15) is 0 Å². The molecule has 1 unspecified atom stereocenters. The Morgan fingerprint density at radius 2 is 1.85 bits per heavy atom. The topological polar surface area (TPSA) is 65.0 Å². The predicted octanol–water partition coefficient (Wildman–Crippen LogP) is 4.22. The summed E-state index contributed by atoms with van der Waals surface area (Å²) in [5, 5.41) is 0. The normalized spacial score (nSPS) is 29.1. The second-order valence-corrected chi connectivity index (χ2v) is 10.4. The lowest BCUT2D eigenvalue weighted by Crippen LogP contribution is -2.56. The first-order valence-corrected chi connectivity index (χ1v) is 11.5. The van der Waals surface area contributed by atoms with Crippen LogP contribution in [0.5, 0.6) is 0 Å². The Labute approximate surface area is 162 Å². The van der Waals surface area contributed by atoms with Crippen LogP contribution in [0.3, 0.4) is 0 Å². The summed E-state index contributed by atoms with van der Waals surface area (Å²) in [7, 11) is -3.57. The van der Waals surface area contributed by atoms with E-state index in [2.05, 4.69) is 4.40 Å². The minimum atomic E-state index is -3.57. The van der Waals surface area contributed by atoms with Crippen LogP contribution in [-0.4, -0.2) is 31.3 Å². The molecule has 1 atom stereocenters. The molecular weight excluding hydrogens is 362 g/mol. The van der Waals surface area contributed by atoms with E-state index in [0.717, 1.165) is 18.4 Å². The van der Waals surface area contributed by atoms with Crippen LogP contribution >= 0.6 is 0 Å². The molecule has 1 aliphatic heterocycles. The Bertz CT molecular complexity index is 795. The quantitative estimate of drug-likeness (QED) is 0.728. The maximum atomic E-state index is 12.9. The van der Waals surface area contributed by atoms with Gasteiger partial charge in [0.15, 0.2) is 5.60 Å². The third-order valence-electron chi connectivity index (χ3n) is 6.40. The third-order valence-corrected chi connectivity index (χ3v) is 8.68. The van der Waals surface area contributed by atoms with Crippen molar-refractivity contribution in [1.29, 1.82) is 0 Å². The van der Waals surface area contributed by atoms with E-state index >= 15 is 0 Å². The lowest BCUT2D eigenvalue weighted by atomic mass is 9.87. The van der Waals surface area contributed by atoms with Crippen LogP contribution in [0.15, 0.2) is 34.7 Å². The number of nitrogens with zero attached hydrogens (tertiary/aromatic N) is 1. The average molecular weight is 392 g/mol. The van der Waals surface area contributed by atoms with E-state index < -0.39 is 20.4 Å². The summed E-state index contributed by atoms with van der Waals surface area (Å²) < 4.78 is 41.3. The van der Waals surface area contributed by atoms with E-state index in [-0.39, 0.29) is 6.61 Å². The van der Waals surface area contributed by atoms with Gasteiger partial charge in [0.25, 0.3) is 10.0 Å². The summed E-state index contributed by atoms with van der Waals surface area (Å²) in [6.45, 7) is 2.59. The standard InChI is InChI=1S/C21H29NO4S/c1-20(16-25-15-18-10-6-3-7-11-18)21(12-13-21)27(23,24)22-19(26-20)14-17-8-4-2-5-9-17/h3,6-7,10-11,17H,2,4-5,8-9,12-16H2,1H3. The largest absolute Gasteiger partial charge is 0.470 e. The Hall–Kier alpha value is -1.40. The predicted molar refractivity (Wildman–Crippen MR) is 105 cm³/mol. The van der Waals surface area contributed by atoms with Crippen molar-refractivity contribution >= 4 is 15.9 Å². The van der Waals surface area contributed by atoms with Gasteiger partial charge in [-0.1, -0.05) is 49.6 Å². The number of hydrogen-bond acceptors (Lipinski definition) is 4. The van der Waals surface area contributed by atoms with Crippen molar-refractivity contribution in [2.24, 2.45) is 10.3 Å². The Morgan fingerprint density at radius 1 is 1.15 bits per heavy atom. The molecule has 27 heavy (non-hydrogen) atoms. The van der Waals surface area contributed by atoms with Gasteiger partial charge in [-0.15, -0.1) is 4.40 Å². The van der Waals surface area contributed by atoms with Gasteiger partial charge >= 0.3 is 0 Å². The molecule has 148 valence electrons. The molecule has 1 spiro atoms. The van der Waals surface area contributed by atoms with Gasteiger partial charge in [0.05, 0.1) is 13.2 Å². The van der Waals surface area contributed by atoms with Crippen LogP contribution < -0.4 is 0 Å². The monoisotopic (exact) mass is 391 g/mol. The van der Waals surface area contributed by atoms with Crippen molar-refractivity contribution < 1.29 is 17.9 Å². The maximum absolute atomic E-state index is 12.9. The molecule has 1 aromatic rings. The smallest absolute Gasteiger partial charge is 0.265 e. The van der Waals surface area contributed by atoms with E-state index in [1.165, 1.54) is 19.3 Å². The Morgan fingerprint density at radius 3 is 2.52 bits per heavy atom. The van der Waals surface area contributed by atoms with Gasteiger partial charge in [-0.25, -0.2) is 8.42 Å². The summed E-state index contributed by atoms with van der Waals surface area (Å²) in [6, 6.07) is 9.92. The van der Waals surface area contributed by atoms with Crippen LogP contribution in [-0.2, 0) is 26.1 Å². The summed E-state index contributed by atoms with van der Waals surface area (Å²) in [6.07, 6.45) is 7.79. The maximum Gasteiger partial charge on any atom is 0.265 e. The van der Waals surface area contributed by atoms with E-state index in [0.29, 0.717) is 37.7 Å². The lowest BCUT2D eigenvalue weighted by Gasteiger charge is -2.40. The number of rotatable bonds is 6. The highest BCUT2D eigenvalue weighted by Crippen LogP contribution is 2.56. The zero-order valence-corrected chi connectivity index (χ0v) is 16.8. The van der Waals surface area contributed by atoms with E-state index in [1.807, 2.05) is 37.3 Å². The molecule has 2 fully saturated rings. The number of hydrogen-bond donors (Lipinski definition) is 0. The molecule has 2 aliphatic carbocycles. The summed E-state index contributed by atoms with van der Waals surface area (Å²) in [5.74, 6) is 0.876. The van der Waals surface area contributed by atoms with Crippen molar-refractivity contribution in [1.82, 2.24) is 0 Å². The summed E-state index contributed by atoms with van der Waals surface area (Å²) in [4.78, 5) is 0. The fourth-order valence-corrected chi connectivity index (χ4v) is 6.40. The second kappa shape index (κ2) is 7.21. The fourth-order valence-electron chi connectivity index (χ4n) is 4.58. The molecule has 0 bridgehead atoms. The number of benzene rings is 1. The van der Waals surface area contributed by atoms with Crippen LogP contribution in [0.1, 0.15) is 63.9 Å². The molecule has 0 amide bonds. The summed E-state index contributed by atoms with van der Waals surface area (Å²) >= 11 is 0. The van der Waals surface area contributed by atoms with E-state index in [1.54, 1.807) is 0 Å². The van der Waals surface area contributed by atoms with Crippen LogP contribution in [0.2, 0.25) is 0 Å². The molecule has 0 N–H and O–H groups in total. The number of sulfonamides is 1. The first-order valence-electron chi connectivity index (χ1n) is 10.1. The first-order chi connectivity index (χ1) is 12.9. The lowest BCUT2D eigenvalue weighted by molar-refractivity contribution is -0.0417. The Kier molecular flexibility index (Phi) is 5.06. The molecule has 0 radical (unpaired) electrons.